The number of aliphatic carboxylic acids is 1. The molecule has 0 saturated heterocycles. The molecule has 11 heteroatoms. The van der Waals surface area contributed by atoms with E-state index in [1.807, 2.05) is 0 Å². The minimum Gasteiger partial charge on any atom is -0.508 e. The fraction of sp³-hybridized carbons (Fsp3) is 0.412. The lowest BCUT2D eigenvalue weighted by molar-refractivity contribution is -0.141. The molecule has 154 valence electrons. The molecule has 0 aromatic heterocycles. The molecule has 1 aromatic carbocycles. The van der Waals surface area contributed by atoms with E-state index in [0.29, 0.717) is 5.56 Å². The predicted octanol–water partition coefficient (Wildman–Crippen LogP) is -1.62. The van der Waals surface area contributed by atoms with Crippen molar-refractivity contribution < 1.29 is 29.4 Å². The molecule has 3 unspecified atom stereocenters. The summed E-state index contributed by atoms with van der Waals surface area (Å²) < 4.78 is 0. The molecule has 0 aliphatic carbocycles. The van der Waals surface area contributed by atoms with Crippen molar-refractivity contribution in [2.24, 2.45) is 5.73 Å². The first-order valence-corrected chi connectivity index (χ1v) is 9.01. The summed E-state index contributed by atoms with van der Waals surface area (Å²) in [5.74, 6) is -3.00. The quantitative estimate of drug-likeness (QED) is 0.226. The van der Waals surface area contributed by atoms with Gasteiger partial charge in [0.25, 0.3) is 0 Å². The molecule has 0 saturated carbocycles. The van der Waals surface area contributed by atoms with Crippen LogP contribution in [0.1, 0.15) is 12.5 Å². The zero-order chi connectivity index (χ0) is 21.3. The highest BCUT2D eigenvalue weighted by Gasteiger charge is 2.24. The number of phenolic OH excluding ortho intramolecular Hbond substituents is 1. The van der Waals surface area contributed by atoms with Crippen LogP contribution in [0.5, 0.6) is 5.75 Å². The largest absolute Gasteiger partial charge is 0.508 e. The van der Waals surface area contributed by atoms with Crippen LogP contribution in [0.15, 0.2) is 24.3 Å². The number of rotatable bonds is 10. The van der Waals surface area contributed by atoms with Crippen LogP contribution < -0.4 is 21.7 Å². The van der Waals surface area contributed by atoms with E-state index in [0.717, 1.165) is 0 Å². The van der Waals surface area contributed by atoms with E-state index in [-0.39, 0.29) is 17.9 Å². The van der Waals surface area contributed by atoms with Gasteiger partial charge in [0.2, 0.25) is 17.7 Å². The molecule has 3 atom stereocenters. The van der Waals surface area contributed by atoms with E-state index in [2.05, 4.69) is 28.6 Å². The fourth-order valence-corrected chi connectivity index (χ4v) is 2.25. The molecule has 3 amide bonds. The Morgan fingerprint density at radius 2 is 1.71 bits per heavy atom. The maximum absolute atomic E-state index is 12.5. The summed E-state index contributed by atoms with van der Waals surface area (Å²) in [4.78, 5) is 47.0. The van der Waals surface area contributed by atoms with Gasteiger partial charge in [-0.1, -0.05) is 12.1 Å². The van der Waals surface area contributed by atoms with Gasteiger partial charge in [-0.25, -0.2) is 0 Å². The maximum atomic E-state index is 12.5. The smallest absolute Gasteiger partial charge is 0.325 e. The first-order chi connectivity index (χ1) is 13.1. The number of thiol groups is 1. The highest BCUT2D eigenvalue weighted by atomic mass is 32.1. The summed E-state index contributed by atoms with van der Waals surface area (Å²) in [5, 5.41) is 25.2. The zero-order valence-electron chi connectivity index (χ0n) is 15.2. The first kappa shape index (κ1) is 23.2. The van der Waals surface area contributed by atoms with Crippen molar-refractivity contribution in [2.75, 3.05) is 12.3 Å². The zero-order valence-corrected chi connectivity index (χ0v) is 16.1. The predicted molar refractivity (Wildman–Crippen MR) is 104 cm³/mol. The second-order valence-corrected chi connectivity index (χ2v) is 6.43. The third kappa shape index (κ3) is 7.84. The van der Waals surface area contributed by atoms with E-state index in [1.54, 1.807) is 12.1 Å². The molecule has 0 spiro atoms. The number of benzene rings is 1. The second kappa shape index (κ2) is 11.1. The van der Waals surface area contributed by atoms with Crippen molar-refractivity contribution in [3.63, 3.8) is 0 Å². The number of nitrogens with two attached hydrogens (primary N) is 1. The topological polar surface area (TPSA) is 171 Å². The molecule has 0 aliphatic rings. The number of carboxylic acids is 1. The van der Waals surface area contributed by atoms with Crippen LogP contribution in [0.25, 0.3) is 0 Å². The number of hydrogen-bond acceptors (Lipinski definition) is 7. The average molecular weight is 412 g/mol. The van der Waals surface area contributed by atoms with Crippen molar-refractivity contribution in [3.05, 3.63) is 29.8 Å². The van der Waals surface area contributed by atoms with Crippen LogP contribution in [0.3, 0.4) is 0 Å². The minimum atomic E-state index is -1.21. The lowest BCUT2D eigenvalue weighted by Gasteiger charge is -2.20. The molecule has 28 heavy (non-hydrogen) atoms. The Morgan fingerprint density at radius 3 is 2.25 bits per heavy atom. The molecule has 7 N–H and O–H groups in total. The Balaban J connectivity index is 2.77. The summed E-state index contributed by atoms with van der Waals surface area (Å²) in [6.45, 7) is 0.825. The Hall–Kier alpha value is -2.79. The first-order valence-electron chi connectivity index (χ1n) is 8.38. The van der Waals surface area contributed by atoms with Gasteiger partial charge in [0, 0.05) is 12.2 Å². The van der Waals surface area contributed by atoms with Gasteiger partial charge in [0.15, 0.2) is 0 Å². The third-order valence-electron chi connectivity index (χ3n) is 3.71. The molecule has 0 aliphatic heterocycles. The molecule has 1 aromatic rings. The van der Waals surface area contributed by atoms with Crippen LogP contribution >= 0.6 is 12.6 Å². The minimum absolute atomic E-state index is 0.0510. The van der Waals surface area contributed by atoms with Crippen LogP contribution in [0, 0.1) is 0 Å². The number of amides is 3. The summed E-state index contributed by atoms with van der Waals surface area (Å²) in [5.41, 5.74) is 6.26. The van der Waals surface area contributed by atoms with E-state index in [9.17, 15) is 24.3 Å². The van der Waals surface area contributed by atoms with Gasteiger partial charge in [0.05, 0.1) is 12.6 Å². The van der Waals surface area contributed by atoms with Gasteiger partial charge in [-0.2, -0.15) is 12.6 Å². The van der Waals surface area contributed by atoms with Crippen molar-refractivity contribution in [2.45, 2.75) is 31.5 Å². The van der Waals surface area contributed by atoms with E-state index in [4.69, 9.17) is 10.8 Å². The summed E-state index contributed by atoms with van der Waals surface area (Å²) in [7, 11) is 0. The molecule has 0 radical (unpaired) electrons. The molecule has 10 nitrogen and oxygen atoms in total. The van der Waals surface area contributed by atoms with Crippen molar-refractivity contribution in [3.8, 4) is 5.75 Å². The van der Waals surface area contributed by atoms with E-state index >= 15 is 0 Å². The van der Waals surface area contributed by atoms with Crippen molar-refractivity contribution >= 4 is 36.3 Å². The number of carboxylic acid groups (broad SMARTS) is 1. The van der Waals surface area contributed by atoms with E-state index in [1.165, 1.54) is 19.1 Å². The number of hydrogen-bond donors (Lipinski definition) is 7. The van der Waals surface area contributed by atoms with Crippen molar-refractivity contribution in [1.29, 1.82) is 0 Å². The monoisotopic (exact) mass is 412 g/mol. The van der Waals surface area contributed by atoms with Gasteiger partial charge < -0.3 is 31.9 Å². The van der Waals surface area contributed by atoms with Gasteiger partial charge in [-0.3, -0.25) is 19.2 Å². The summed E-state index contributed by atoms with van der Waals surface area (Å²) in [6, 6.07) is 2.98. The molecule has 1 rings (SSSR count). The van der Waals surface area contributed by atoms with Gasteiger partial charge in [-0.15, -0.1) is 0 Å². The average Bonchev–Trinajstić information content (AvgIpc) is 2.66. The highest BCUT2D eigenvalue weighted by Crippen LogP contribution is 2.11. The number of carbonyl (C=O) groups excluding carboxylic acids is 3. The molecule has 0 bridgehead atoms. The molecular weight excluding hydrogens is 388 g/mol. The van der Waals surface area contributed by atoms with Gasteiger partial charge in [-0.05, 0) is 24.6 Å². The van der Waals surface area contributed by atoms with Crippen LogP contribution in [-0.2, 0) is 25.6 Å². The van der Waals surface area contributed by atoms with E-state index < -0.39 is 48.4 Å². The maximum Gasteiger partial charge on any atom is 0.325 e. The Labute approximate surface area is 167 Å². The Bertz CT molecular complexity index is 712. The number of carbonyl (C=O) groups is 4. The lowest BCUT2D eigenvalue weighted by Crippen LogP contribution is -2.54. The standard InChI is InChI=1S/C17H24N4O6S/c1-9(17(26)27)20-14(23)7-19-16(25)13(21-15(24)12(18)8-28)6-10-2-4-11(22)5-3-10/h2-5,9,12-13,22,28H,6-8,18H2,1H3,(H,19,25)(H,20,23)(H,21,24)(H,26,27). The second-order valence-electron chi connectivity index (χ2n) is 6.07. The Kier molecular flexibility index (Phi) is 9.25. The van der Waals surface area contributed by atoms with Crippen molar-refractivity contribution in [1.82, 2.24) is 16.0 Å². The lowest BCUT2D eigenvalue weighted by atomic mass is 10.0. The molecular formula is C17H24N4O6S. The highest BCUT2D eigenvalue weighted by molar-refractivity contribution is 7.80. The van der Waals surface area contributed by atoms with Crippen LogP contribution in [0.4, 0.5) is 0 Å². The number of nitrogens with one attached hydrogen (secondary N) is 3. The molecule has 0 heterocycles. The summed E-state index contributed by atoms with van der Waals surface area (Å²) >= 11 is 3.94. The summed E-state index contributed by atoms with van der Waals surface area (Å²) in [6.07, 6.45) is 0.0876. The number of aromatic hydroxyl groups is 1. The van der Waals surface area contributed by atoms with Gasteiger partial charge in [0.1, 0.15) is 17.8 Å². The SMILES string of the molecule is CC(NC(=O)CNC(=O)C(Cc1ccc(O)cc1)NC(=O)C(N)CS)C(=O)O. The normalized spacial score (nSPS) is 13.7. The number of phenols is 1. The fourth-order valence-electron chi connectivity index (χ4n) is 2.08. The molecule has 0 fully saturated rings. The van der Waals surface area contributed by atoms with Crippen LogP contribution in [0.2, 0.25) is 0 Å². The Morgan fingerprint density at radius 1 is 1.11 bits per heavy atom. The van der Waals surface area contributed by atoms with Crippen LogP contribution in [-0.4, -0.2) is 64.3 Å². The third-order valence-corrected chi connectivity index (χ3v) is 4.11. The van der Waals surface area contributed by atoms with Gasteiger partial charge >= 0.3 is 5.97 Å².